The summed E-state index contributed by atoms with van der Waals surface area (Å²) in [4.78, 5) is 37.1. The topological polar surface area (TPSA) is 110 Å². The van der Waals surface area contributed by atoms with Gasteiger partial charge in [-0.3, -0.25) is 14.4 Å². The molecule has 1 aliphatic rings. The van der Waals surface area contributed by atoms with Gasteiger partial charge in [0.05, 0.1) is 4.90 Å². The summed E-state index contributed by atoms with van der Waals surface area (Å²) in [6, 6.07) is 11.8. The van der Waals surface area contributed by atoms with Crippen LogP contribution in [0.25, 0.3) is 0 Å². The molecule has 1 amide bonds. The van der Waals surface area contributed by atoms with Gasteiger partial charge in [-0.05, 0) is 62.1 Å². The number of Topliss-reactive ketones (excluding diaryl/α,β-unsaturated/α-hetero) is 1. The lowest BCUT2D eigenvalue weighted by molar-refractivity contribution is -0.146. The lowest BCUT2D eigenvalue weighted by atomic mass is 10.1. The number of aryl methyl sites for hydroxylation is 1. The summed E-state index contributed by atoms with van der Waals surface area (Å²) in [6.07, 6.45) is 1.26. The number of amides is 1. The van der Waals surface area contributed by atoms with Gasteiger partial charge in [0.1, 0.15) is 6.04 Å². The number of nitrogens with one attached hydrogen (secondary N) is 1. The highest BCUT2D eigenvalue weighted by Gasteiger charge is 2.40. The summed E-state index contributed by atoms with van der Waals surface area (Å²) >= 11 is 0. The van der Waals surface area contributed by atoms with E-state index in [1.54, 1.807) is 36.4 Å². The highest BCUT2D eigenvalue weighted by atomic mass is 32.2. The Hall–Kier alpha value is -3.04. The third kappa shape index (κ3) is 6.30. The molecular weight excluding hydrogens is 456 g/mol. The van der Waals surface area contributed by atoms with Gasteiger partial charge in [-0.15, -0.1) is 0 Å². The average molecular weight is 487 g/mol. The summed E-state index contributed by atoms with van der Waals surface area (Å²) in [5, 5.41) is 2.76. The largest absolute Gasteiger partial charge is 0.456 e. The first-order valence-corrected chi connectivity index (χ1v) is 12.7. The summed E-state index contributed by atoms with van der Waals surface area (Å²) < 4.78 is 32.4. The van der Waals surface area contributed by atoms with Crippen LogP contribution in [0.2, 0.25) is 0 Å². The molecule has 182 valence electrons. The molecule has 1 aliphatic heterocycles. The molecule has 2 aromatic rings. The van der Waals surface area contributed by atoms with Crippen molar-refractivity contribution in [2.24, 2.45) is 5.92 Å². The highest BCUT2D eigenvalue weighted by molar-refractivity contribution is 7.89. The van der Waals surface area contributed by atoms with Crippen LogP contribution in [0.15, 0.2) is 53.4 Å². The molecule has 3 rings (SSSR count). The Labute approximate surface area is 200 Å². The first-order valence-electron chi connectivity index (χ1n) is 11.3. The van der Waals surface area contributed by atoms with E-state index < -0.39 is 34.4 Å². The van der Waals surface area contributed by atoms with Crippen LogP contribution < -0.4 is 5.32 Å². The second kappa shape index (κ2) is 10.9. The predicted octanol–water partition coefficient (Wildman–Crippen LogP) is 3.56. The highest BCUT2D eigenvalue weighted by Crippen LogP contribution is 2.27. The number of ether oxygens (including phenoxy) is 1. The maximum Gasteiger partial charge on any atom is 0.324 e. The smallest absolute Gasteiger partial charge is 0.324 e. The minimum Gasteiger partial charge on any atom is -0.456 e. The van der Waals surface area contributed by atoms with Crippen LogP contribution in [0.4, 0.5) is 5.69 Å². The number of esters is 1. The second-order valence-corrected chi connectivity index (χ2v) is 10.7. The molecule has 1 N–H and O–H groups in total. The first kappa shape index (κ1) is 25.6. The maximum absolute atomic E-state index is 13.0. The fourth-order valence-electron chi connectivity index (χ4n) is 3.75. The lowest BCUT2D eigenvalue weighted by Gasteiger charge is -2.22. The molecule has 0 spiro atoms. The van der Waals surface area contributed by atoms with E-state index in [4.69, 9.17) is 4.74 Å². The number of anilines is 1. The number of rotatable bonds is 9. The van der Waals surface area contributed by atoms with E-state index in [9.17, 15) is 22.8 Å². The van der Waals surface area contributed by atoms with Gasteiger partial charge < -0.3 is 10.1 Å². The molecule has 0 unspecified atom stereocenters. The van der Waals surface area contributed by atoms with Crippen molar-refractivity contribution in [3.63, 3.8) is 0 Å². The Morgan fingerprint density at radius 1 is 1.06 bits per heavy atom. The molecule has 0 aliphatic carbocycles. The van der Waals surface area contributed by atoms with Gasteiger partial charge in [-0.1, -0.05) is 31.5 Å². The molecule has 8 nitrogen and oxygen atoms in total. The van der Waals surface area contributed by atoms with Crippen molar-refractivity contribution in [3.05, 3.63) is 59.7 Å². The summed E-state index contributed by atoms with van der Waals surface area (Å²) in [5.74, 6) is -1.03. The van der Waals surface area contributed by atoms with E-state index in [0.29, 0.717) is 30.5 Å². The van der Waals surface area contributed by atoms with Crippen molar-refractivity contribution in [2.45, 2.75) is 51.0 Å². The van der Waals surface area contributed by atoms with Crippen LogP contribution in [0.3, 0.4) is 0 Å². The van der Waals surface area contributed by atoms with E-state index in [1.165, 1.54) is 12.1 Å². The van der Waals surface area contributed by atoms with E-state index >= 15 is 0 Å². The van der Waals surface area contributed by atoms with Crippen molar-refractivity contribution in [1.82, 2.24) is 4.31 Å². The zero-order chi connectivity index (χ0) is 24.9. The van der Waals surface area contributed by atoms with Gasteiger partial charge in [0.2, 0.25) is 15.9 Å². The Morgan fingerprint density at radius 3 is 2.32 bits per heavy atom. The molecule has 1 atom stereocenters. The normalized spacial score (nSPS) is 16.4. The van der Waals surface area contributed by atoms with E-state index in [-0.39, 0.29) is 23.3 Å². The van der Waals surface area contributed by atoms with Gasteiger partial charge in [-0.25, -0.2) is 8.42 Å². The van der Waals surface area contributed by atoms with Crippen LogP contribution in [0.1, 0.15) is 49.0 Å². The number of carbonyl (C=O) groups excluding carboxylic acids is 3. The standard InChI is InChI=1S/C25H30N2O6S/c1-17(2)15-24(29)26-20-10-8-19(9-11-20)23(28)16-33-25(30)22-5-4-14-27(22)34(31,32)21-12-6-18(3)7-13-21/h6-13,17,22H,4-5,14-16H2,1-3H3,(H,26,29)/t22-/m0/s1. The van der Waals surface area contributed by atoms with Crippen molar-refractivity contribution < 1.29 is 27.5 Å². The van der Waals surface area contributed by atoms with E-state index in [1.807, 2.05) is 20.8 Å². The third-order valence-electron chi connectivity index (χ3n) is 5.53. The van der Waals surface area contributed by atoms with Gasteiger partial charge in [0, 0.05) is 24.2 Å². The molecule has 2 aromatic carbocycles. The number of carbonyl (C=O) groups is 3. The quantitative estimate of drug-likeness (QED) is 0.429. The summed E-state index contributed by atoms with van der Waals surface area (Å²) in [6.45, 7) is 5.48. The van der Waals surface area contributed by atoms with Crippen molar-refractivity contribution in [2.75, 3.05) is 18.5 Å². The number of hydrogen-bond donors (Lipinski definition) is 1. The molecule has 1 heterocycles. The van der Waals surface area contributed by atoms with Crippen LogP contribution in [-0.4, -0.2) is 49.6 Å². The van der Waals surface area contributed by atoms with Crippen LogP contribution in [0, 0.1) is 12.8 Å². The maximum atomic E-state index is 13.0. The zero-order valence-corrected chi connectivity index (χ0v) is 20.4. The van der Waals surface area contributed by atoms with Crippen molar-refractivity contribution in [1.29, 1.82) is 0 Å². The fraction of sp³-hybridized carbons (Fsp3) is 0.400. The van der Waals surface area contributed by atoms with Gasteiger partial charge >= 0.3 is 5.97 Å². The zero-order valence-electron chi connectivity index (χ0n) is 19.6. The summed E-state index contributed by atoms with van der Waals surface area (Å²) in [7, 11) is -3.85. The third-order valence-corrected chi connectivity index (χ3v) is 7.46. The monoisotopic (exact) mass is 486 g/mol. The number of nitrogens with zero attached hydrogens (tertiary/aromatic N) is 1. The Balaban J connectivity index is 1.58. The van der Waals surface area contributed by atoms with Crippen molar-refractivity contribution >= 4 is 33.4 Å². The molecule has 0 radical (unpaired) electrons. The number of hydrogen-bond acceptors (Lipinski definition) is 6. The van der Waals surface area contributed by atoms with Crippen molar-refractivity contribution in [3.8, 4) is 0 Å². The second-order valence-electron chi connectivity index (χ2n) is 8.84. The Kier molecular flexibility index (Phi) is 8.22. The molecule has 0 aromatic heterocycles. The number of sulfonamides is 1. The number of ketones is 1. The van der Waals surface area contributed by atoms with Crippen LogP contribution in [0.5, 0.6) is 0 Å². The fourth-order valence-corrected chi connectivity index (χ4v) is 5.39. The van der Waals surface area contributed by atoms with Crippen LogP contribution in [-0.2, 0) is 24.3 Å². The molecule has 0 bridgehead atoms. The number of benzene rings is 2. The minimum absolute atomic E-state index is 0.107. The average Bonchev–Trinajstić information content (AvgIpc) is 3.28. The first-order chi connectivity index (χ1) is 16.1. The predicted molar refractivity (Wildman–Crippen MR) is 128 cm³/mol. The van der Waals surface area contributed by atoms with E-state index in [0.717, 1.165) is 9.87 Å². The molecule has 34 heavy (non-hydrogen) atoms. The molecular formula is C25H30N2O6S. The Bertz CT molecular complexity index is 1140. The minimum atomic E-state index is -3.85. The lowest BCUT2D eigenvalue weighted by Crippen LogP contribution is -2.41. The molecule has 9 heteroatoms. The molecule has 1 saturated heterocycles. The van der Waals surface area contributed by atoms with Gasteiger partial charge in [0.25, 0.3) is 0 Å². The SMILES string of the molecule is Cc1ccc(S(=O)(=O)N2CCC[C@H]2C(=O)OCC(=O)c2ccc(NC(=O)CC(C)C)cc2)cc1. The molecule has 0 saturated carbocycles. The Morgan fingerprint density at radius 2 is 1.71 bits per heavy atom. The van der Waals surface area contributed by atoms with Gasteiger partial charge in [-0.2, -0.15) is 4.31 Å². The van der Waals surface area contributed by atoms with Gasteiger partial charge in [0.15, 0.2) is 12.4 Å². The van der Waals surface area contributed by atoms with Crippen LogP contribution >= 0.6 is 0 Å². The molecule has 1 fully saturated rings. The summed E-state index contributed by atoms with van der Waals surface area (Å²) in [5.41, 5.74) is 1.83. The van der Waals surface area contributed by atoms with E-state index in [2.05, 4.69) is 5.32 Å².